The molecular weight excluding hydrogens is 380 g/mol. The van der Waals surface area contributed by atoms with E-state index in [2.05, 4.69) is 10.3 Å². The normalized spacial score (nSPS) is 16.1. The van der Waals surface area contributed by atoms with Crippen LogP contribution in [0.5, 0.6) is 5.75 Å². The van der Waals surface area contributed by atoms with Crippen LogP contribution < -0.4 is 15.6 Å². The van der Waals surface area contributed by atoms with Gasteiger partial charge in [-0.2, -0.15) is 0 Å². The minimum Gasteiger partial charge on any atom is -0.489 e. The number of ether oxygens (including phenoxy) is 2. The Morgan fingerprint density at radius 2 is 1.83 bits per heavy atom. The van der Waals surface area contributed by atoms with Crippen LogP contribution in [0.15, 0.2) is 71.5 Å². The Kier molecular flexibility index (Phi) is 6.25. The summed E-state index contributed by atoms with van der Waals surface area (Å²) in [7, 11) is 0. The van der Waals surface area contributed by atoms with Gasteiger partial charge in [-0.1, -0.05) is 42.5 Å². The number of carbonyl (C=O) groups excluding carboxylic acids is 1. The zero-order valence-electron chi connectivity index (χ0n) is 16.6. The number of nitrogens with one attached hydrogen (secondary N) is 2. The Balaban J connectivity index is 1.47. The summed E-state index contributed by atoms with van der Waals surface area (Å²) in [5.74, 6) is 0.0678. The van der Waals surface area contributed by atoms with E-state index in [1.165, 1.54) is 6.07 Å². The van der Waals surface area contributed by atoms with Gasteiger partial charge in [-0.3, -0.25) is 9.59 Å². The largest absolute Gasteiger partial charge is 0.489 e. The van der Waals surface area contributed by atoms with Crippen molar-refractivity contribution >= 4 is 11.6 Å². The summed E-state index contributed by atoms with van der Waals surface area (Å²) in [6.07, 6.45) is 3.25. The number of aromatic nitrogens is 1. The van der Waals surface area contributed by atoms with Crippen LogP contribution >= 0.6 is 0 Å². The number of amides is 1. The molecule has 0 spiro atoms. The van der Waals surface area contributed by atoms with Crippen molar-refractivity contribution < 1.29 is 14.3 Å². The number of pyridine rings is 1. The van der Waals surface area contributed by atoms with Gasteiger partial charge >= 0.3 is 0 Å². The fraction of sp³-hybridized carbons (Fsp3) is 0.250. The van der Waals surface area contributed by atoms with Crippen molar-refractivity contribution in [1.29, 1.82) is 0 Å². The molecule has 0 radical (unpaired) electrons. The summed E-state index contributed by atoms with van der Waals surface area (Å²) in [6, 6.07) is 19.9. The second-order valence-electron chi connectivity index (χ2n) is 7.23. The second kappa shape index (κ2) is 9.41. The third-order valence-corrected chi connectivity index (χ3v) is 5.07. The average Bonchev–Trinajstić information content (AvgIpc) is 2.79. The zero-order valence-corrected chi connectivity index (χ0v) is 16.6. The van der Waals surface area contributed by atoms with Gasteiger partial charge in [-0.15, -0.1) is 0 Å². The maximum atomic E-state index is 12.7. The van der Waals surface area contributed by atoms with E-state index in [0.29, 0.717) is 23.7 Å². The molecule has 1 saturated heterocycles. The lowest BCUT2D eigenvalue weighted by atomic mass is 10.1. The molecule has 6 nitrogen and oxygen atoms in total. The first-order valence-corrected chi connectivity index (χ1v) is 10.1. The highest BCUT2D eigenvalue weighted by Crippen LogP contribution is 2.25. The summed E-state index contributed by atoms with van der Waals surface area (Å²) in [5.41, 5.74) is 1.66. The van der Waals surface area contributed by atoms with Crippen molar-refractivity contribution in [3.8, 4) is 17.0 Å². The van der Waals surface area contributed by atoms with Crippen molar-refractivity contribution in [1.82, 2.24) is 4.98 Å². The van der Waals surface area contributed by atoms with Gasteiger partial charge in [0.05, 0.1) is 11.8 Å². The van der Waals surface area contributed by atoms with E-state index in [0.717, 1.165) is 31.4 Å². The molecule has 2 heterocycles. The Hall–Kier alpha value is -3.38. The standard InChI is InChI=1S/C24H24N2O4/c27-23-19(13-14-20(25-23)17-8-2-1-3-9-17)24(28)26-21-11-4-5-12-22(21)30-16-18-10-6-7-15-29-18/h1-5,8-9,11-14,18H,6-7,10,15-16H2,(H,25,27)(H,26,28)/t18-/m0/s1. The minimum absolute atomic E-state index is 0.0418. The lowest BCUT2D eigenvalue weighted by Gasteiger charge is -2.23. The number of H-pyrrole nitrogens is 1. The van der Waals surface area contributed by atoms with E-state index in [1.807, 2.05) is 42.5 Å². The molecule has 3 aromatic rings. The average molecular weight is 404 g/mol. The van der Waals surface area contributed by atoms with Crippen LogP contribution in [0.25, 0.3) is 11.3 Å². The molecule has 0 unspecified atom stereocenters. The van der Waals surface area contributed by atoms with Crippen LogP contribution in [0.2, 0.25) is 0 Å². The Labute approximate surface area is 174 Å². The maximum Gasteiger partial charge on any atom is 0.261 e. The molecule has 1 aromatic heterocycles. The van der Waals surface area contributed by atoms with Gasteiger partial charge < -0.3 is 19.8 Å². The van der Waals surface area contributed by atoms with E-state index >= 15 is 0 Å². The van der Waals surface area contributed by atoms with Gasteiger partial charge in [-0.05, 0) is 49.1 Å². The first-order valence-electron chi connectivity index (χ1n) is 10.1. The van der Waals surface area contributed by atoms with Gasteiger partial charge in [0, 0.05) is 12.3 Å². The van der Waals surface area contributed by atoms with Crippen LogP contribution in [0.4, 0.5) is 5.69 Å². The zero-order chi connectivity index (χ0) is 20.8. The molecule has 1 aliphatic heterocycles. The predicted octanol–water partition coefficient (Wildman–Crippen LogP) is 4.24. The molecule has 30 heavy (non-hydrogen) atoms. The number of hydrogen-bond donors (Lipinski definition) is 2. The number of hydrogen-bond acceptors (Lipinski definition) is 4. The Morgan fingerprint density at radius 3 is 2.60 bits per heavy atom. The molecule has 1 fully saturated rings. The lowest BCUT2D eigenvalue weighted by molar-refractivity contribution is -0.0109. The smallest absolute Gasteiger partial charge is 0.261 e. The highest BCUT2D eigenvalue weighted by Gasteiger charge is 2.17. The molecule has 2 aromatic carbocycles. The van der Waals surface area contributed by atoms with Crippen LogP contribution in [0.3, 0.4) is 0 Å². The Bertz CT molecular complexity index is 1060. The van der Waals surface area contributed by atoms with Gasteiger partial charge in [0.2, 0.25) is 0 Å². The molecule has 0 aliphatic carbocycles. The topological polar surface area (TPSA) is 80.4 Å². The first-order chi connectivity index (χ1) is 14.7. The summed E-state index contributed by atoms with van der Waals surface area (Å²) < 4.78 is 11.6. The van der Waals surface area contributed by atoms with Gasteiger partial charge in [0.25, 0.3) is 11.5 Å². The third kappa shape index (κ3) is 4.78. The molecule has 0 saturated carbocycles. The maximum absolute atomic E-state index is 12.7. The van der Waals surface area contributed by atoms with Crippen molar-refractivity contribution in [2.45, 2.75) is 25.4 Å². The monoisotopic (exact) mass is 404 g/mol. The van der Waals surface area contributed by atoms with E-state index in [-0.39, 0.29) is 11.7 Å². The van der Waals surface area contributed by atoms with E-state index in [9.17, 15) is 9.59 Å². The summed E-state index contributed by atoms with van der Waals surface area (Å²) >= 11 is 0. The minimum atomic E-state index is -0.485. The van der Waals surface area contributed by atoms with E-state index in [4.69, 9.17) is 9.47 Å². The van der Waals surface area contributed by atoms with Gasteiger partial charge in [0.1, 0.15) is 17.9 Å². The molecule has 154 valence electrons. The predicted molar refractivity (Wildman–Crippen MR) is 116 cm³/mol. The Morgan fingerprint density at radius 1 is 1.03 bits per heavy atom. The fourth-order valence-corrected chi connectivity index (χ4v) is 3.45. The third-order valence-electron chi connectivity index (χ3n) is 5.07. The molecule has 4 rings (SSSR count). The van der Waals surface area contributed by atoms with Crippen LogP contribution in [-0.2, 0) is 4.74 Å². The van der Waals surface area contributed by atoms with Crippen LogP contribution in [0, 0.1) is 0 Å². The fourth-order valence-electron chi connectivity index (χ4n) is 3.45. The molecular formula is C24H24N2O4. The molecule has 1 aliphatic rings. The van der Waals surface area contributed by atoms with E-state index in [1.54, 1.807) is 18.2 Å². The number of para-hydroxylation sites is 2. The molecule has 0 bridgehead atoms. The summed E-state index contributed by atoms with van der Waals surface area (Å²) in [5, 5.41) is 2.79. The SMILES string of the molecule is O=C(Nc1ccccc1OC[C@@H]1CCCCO1)c1ccc(-c2ccccc2)[nH]c1=O. The first kappa shape index (κ1) is 19.9. The number of anilines is 1. The van der Waals surface area contributed by atoms with E-state index < -0.39 is 11.5 Å². The number of rotatable bonds is 6. The summed E-state index contributed by atoms with van der Waals surface area (Å²) in [4.78, 5) is 28.0. The second-order valence-corrected chi connectivity index (χ2v) is 7.23. The quantitative estimate of drug-likeness (QED) is 0.644. The van der Waals surface area contributed by atoms with Gasteiger partial charge in [-0.25, -0.2) is 0 Å². The van der Waals surface area contributed by atoms with Crippen molar-refractivity contribution in [3.05, 3.63) is 82.6 Å². The van der Waals surface area contributed by atoms with Crippen LogP contribution in [-0.4, -0.2) is 30.2 Å². The molecule has 1 amide bonds. The lowest BCUT2D eigenvalue weighted by Crippen LogP contribution is -2.26. The van der Waals surface area contributed by atoms with Crippen molar-refractivity contribution in [2.75, 3.05) is 18.5 Å². The number of carbonyl (C=O) groups is 1. The van der Waals surface area contributed by atoms with Crippen molar-refractivity contribution in [2.24, 2.45) is 0 Å². The molecule has 6 heteroatoms. The van der Waals surface area contributed by atoms with Crippen molar-refractivity contribution in [3.63, 3.8) is 0 Å². The van der Waals surface area contributed by atoms with Gasteiger partial charge in [0.15, 0.2) is 0 Å². The van der Waals surface area contributed by atoms with Crippen LogP contribution in [0.1, 0.15) is 29.6 Å². The summed E-state index contributed by atoms with van der Waals surface area (Å²) in [6.45, 7) is 1.19. The highest BCUT2D eigenvalue weighted by molar-refractivity contribution is 6.04. The number of benzene rings is 2. The number of aromatic amines is 1. The molecule has 1 atom stereocenters. The molecule has 2 N–H and O–H groups in total. The highest BCUT2D eigenvalue weighted by atomic mass is 16.5.